The summed E-state index contributed by atoms with van der Waals surface area (Å²) in [4.78, 5) is 30.6. The van der Waals surface area contributed by atoms with Crippen LogP contribution >= 0.6 is 0 Å². The molecule has 80 valence electrons. The molecule has 0 saturated carbocycles. The fourth-order valence-corrected chi connectivity index (χ4v) is 0.597. The molecule has 0 bridgehead atoms. The molecule has 8 heteroatoms. The Hall–Kier alpha value is -1.67. The van der Waals surface area contributed by atoms with E-state index in [-0.39, 0.29) is 0 Å². The van der Waals surface area contributed by atoms with Crippen molar-refractivity contribution >= 4 is 17.9 Å². The van der Waals surface area contributed by atoms with Crippen molar-refractivity contribution < 1.29 is 34.8 Å². The first-order valence-corrected chi connectivity index (χ1v) is 3.46. The summed E-state index contributed by atoms with van der Waals surface area (Å²) in [6.07, 6.45) is -1.84. The topological polar surface area (TPSA) is 144 Å². The van der Waals surface area contributed by atoms with E-state index < -0.39 is 36.6 Å². The number of aliphatic carboxylic acids is 3. The Labute approximate surface area is 77.8 Å². The van der Waals surface area contributed by atoms with Crippen LogP contribution in [0.2, 0.25) is 0 Å². The van der Waals surface area contributed by atoms with E-state index >= 15 is 0 Å². The van der Waals surface area contributed by atoms with Crippen LogP contribution in [0.1, 0.15) is 0 Å². The molecule has 0 rings (SSSR count). The van der Waals surface area contributed by atoms with E-state index in [0.29, 0.717) is 0 Å². The van der Waals surface area contributed by atoms with Crippen molar-refractivity contribution in [1.29, 1.82) is 0 Å². The SMILES string of the molecule is O=C(O)C(O)CNC(C(=O)O)C(=O)O. The summed E-state index contributed by atoms with van der Waals surface area (Å²) in [7, 11) is 0. The molecular formula is C6H9NO7. The lowest BCUT2D eigenvalue weighted by atomic mass is 10.2. The molecule has 0 aromatic carbocycles. The zero-order chi connectivity index (χ0) is 11.3. The number of nitrogens with one attached hydrogen (secondary N) is 1. The summed E-state index contributed by atoms with van der Waals surface area (Å²) in [6.45, 7) is -0.654. The number of carboxylic acids is 3. The highest BCUT2D eigenvalue weighted by atomic mass is 16.4. The summed E-state index contributed by atoms with van der Waals surface area (Å²) < 4.78 is 0. The number of carboxylic acid groups (broad SMARTS) is 3. The van der Waals surface area contributed by atoms with Crippen molar-refractivity contribution in [3.63, 3.8) is 0 Å². The smallest absolute Gasteiger partial charge is 0.333 e. The van der Waals surface area contributed by atoms with E-state index in [1.165, 1.54) is 0 Å². The monoisotopic (exact) mass is 207 g/mol. The van der Waals surface area contributed by atoms with Crippen molar-refractivity contribution in [2.75, 3.05) is 6.54 Å². The molecule has 1 atom stereocenters. The van der Waals surface area contributed by atoms with Gasteiger partial charge in [0.05, 0.1) is 0 Å². The standard InChI is InChI=1S/C6H9NO7/c8-2(4(9)10)1-7-3(5(11)12)6(13)14/h2-3,7-8H,1H2,(H,9,10)(H,11,12)(H,13,14). The van der Waals surface area contributed by atoms with Gasteiger partial charge in [0, 0.05) is 6.54 Å². The van der Waals surface area contributed by atoms with Crippen LogP contribution in [0.3, 0.4) is 0 Å². The lowest BCUT2D eigenvalue weighted by Crippen LogP contribution is -2.47. The Morgan fingerprint density at radius 2 is 1.43 bits per heavy atom. The Kier molecular flexibility index (Phi) is 4.53. The van der Waals surface area contributed by atoms with Crippen LogP contribution < -0.4 is 5.32 Å². The Morgan fingerprint density at radius 3 is 1.71 bits per heavy atom. The van der Waals surface area contributed by atoms with Crippen LogP contribution in [0.4, 0.5) is 0 Å². The second kappa shape index (κ2) is 5.14. The molecule has 0 spiro atoms. The van der Waals surface area contributed by atoms with E-state index in [2.05, 4.69) is 0 Å². The first-order chi connectivity index (χ1) is 6.36. The second-order valence-corrected chi connectivity index (χ2v) is 2.37. The van der Waals surface area contributed by atoms with E-state index in [4.69, 9.17) is 20.4 Å². The average Bonchev–Trinajstić information content (AvgIpc) is 2.02. The maximum Gasteiger partial charge on any atom is 0.333 e. The largest absolute Gasteiger partial charge is 0.480 e. The van der Waals surface area contributed by atoms with Crippen LogP contribution in [0.15, 0.2) is 0 Å². The highest BCUT2D eigenvalue weighted by Crippen LogP contribution is 1.87. The van der Waals surface area contributed by atoms with Gasteiger partial charge in [0.1, 0.15) is 0 Å². The molecule has 0 heterocycles. The summed E-state index contributed by atoms with van der Waals surface area (Å²) >= 11 is 0. The first kappa shape index (κ1) is 12.3. The summed E-state index contributed by atoms with van der Waals surface area (Å²) in [5.74, 6) is -4.88. The Morgan fingerprint density at radius 1 is 1.00 bits per heavy atom. The van der Waals surface area contributed by atoms with Crippen molar-refractivity contribution in [1.82, 2.24) is 5.32 Å². The van der Waals surface area contributed by atoms with Crippen LogP contribution in [0.25, 0.3) is 0 Å². The van der Waals surface area contributed by atoms with Crippen LogP contribution in [-0.4, -0.2) is 57.0 Å². The van der Waals surface area contributed by atoms with Gasteiger partial charge >= 0.3 is 17.9 Å². The molecule has 0 saturated heterocycles. The van der Waals surface area contributed by atoms with Gasteiger partial charge in [-0.2, -0.15) is 0 Å². The molecule has 0 amide bonds. The number of aliphatic hydroxyl groups excluding tert-OH is 1. The quantitative estimate of drug-likeness (QED) is 0.302. The first-order valence-electron chi connectivity index (χ1n) is 3.46. The molecule has 0 radical (unpaired) electrons. The number of aliphatic hydroxyl groups is 1. The molecule has 0 fully saturated rings. The zero-order valence-corrected chi connectivity index (χ0v) is 6.88. The Bertz CT molecular complexity index is 237. The molecule has 0 aliphatic heterocycles. The molecule has 14 heavy (non-hydrogen) atoms. The third-order valence-corrected chi connectivity index (χ3v) is 1.29. The highest BCUT2D eigenvalue weighted by Gasteiger charge is 2.26. The minimum atomic E-state index is -1.93. The summed E-state index contributed by atoms with van der Waals surface area (Å²) in [5, 5.41) is 35.4. The number of hydrogen-bond donors (Lipinski definition) is 5. The van der Waals surface area contributed by atoms with Gasteiger partial charge in [-0.1, -0.05) is 0 Å². The maximum atomic E-state index is 10.3. The lowest BCUT2D eigenvalue weighted by Gasteiger charge is -2.11. The molecule has 0 aromatic rings. The molecule has 8 nitrogen and oxygen atoms in total. The highest BCUT2D eigenvalue weighted by molar-refractivity contribution is 5.97. The maximum absolute atomic E-state index is 10.3. The van der Waals surface area contributed by atoms with Crippen molar-refractivity contribution in [3.05, 3.63) is 0 Å². The van der Waals surface area contributed by atoms with Crippen molar-refractivity contribution in [2.24, 2.45) is 0 Å². The Balaban J connectivity index is 4.14. The predicted octanol–water partition coefficient (Wildman–Crippen LogP) is -2.44. The van der Waals surface area contributed by atoms with Gasteiger partial charge < -0.3 is 20.4 Å². The third-order valence-electron chi connectivity index (χ3n) is 1.29. The average molecular weight is 207 g/mol. The molecule has 0 aliphatic rings. The van der Waals surface area contributed by atoms with Gasteiger partial charge in [-0.25, -0.2) is 14.4 Å². The van der Waals surface area contributed by atoms with Crippen LogP contribution in [0.5, 0.6) is 0 Å². The van der Waals surface area contributed by atoms with E-state index in [9.17, 15) is 14.4 Å². The number of rotatable bonds is 6. The normalized spacial score (nSPS) is 12.4. The van der Waals surface area contributed by atoms with Gasteiger partial charge in [0.25, 0.3) is 0 Å². The van der Waals surface area contributed by atoms with Crippen molar-refractivity contribution in [3.8, 4) is 0 Å². The molecule has 0 aliphatic carbocycles. The van der Waals surface area contributed by atoms with Gasteiger partial charge in [-0.15, -0.1) is 0 Å². The second-order valence-electron chi connectivity index (χ2n) is 2.37. The van der Waals surface area contributed by atoms with E-state index in [1.54, 1.807) is 0 Å². The number of hydrogen-bond acceptors (Lipinski definition) is 5. The third kappa shape index (κ3) is 3.83. The fourth-order valence-electron chi connectivity index (χ4n) is 0.597. The molecule has 0 aromatic heterocycles. The minimum Gasteiger partial charge on any atom is -0.480 e. The van der Waals surface area contributed by atoms with Gasteiger partial charge in [0.2, 0.25) is 6.04 Å². The van der Waals surface area contributed by atoms with Gasteiger partial charge in [-0.3, -0.25) is 5.32 Å². The van der Waals surface area contributed by atoms with E-state index in [0.717, 1.165) is 0 Å². The van der Waals surface area contributed by atoms with Crippen LogP contribution in [-0.2, 0) is 14.4 Å². The summed E-state index contributed by atoms with van der Waals surface area (Å²) in [6, 6.07) is -1.93. The van der Waals surface area contributed by atoms with Gasteiger partial charge in [0.15, 0.2) is 6.10 Å². The zero-order valence-electron chi connectivity index (χ0n) is 6.88. The molecular weight excluding hydrogens is 198 g/mol. The number of carbonyl (C=O) groups is 3. The van der Waals surface area contributed by atoms with E-state index in [1.807, 2.05) is 5.32 Å². The van der Waals surface area contributed by atoms with Gasteiger partial charge in [-0.05, 0) is 0 Å². The summed E-state index contributed by atoms with van der Waals surface area (Å²) in [5.41, 5.74) is 0. The molecule has 1 unspecified atom stereocenters. The van der Waals surface area contributed by atoms with Crippen LogP contribution in [0, 0.1) is 0 Å². The lowest BCUT2D eigenvalue weighted by molar-refractivity contribution is -0.153. The van der Waals surface area contributed by atoms with Crippen molar-refractivity contribution in [2.45, 2.75) is 12.1 Å². The fraction of sp³-hybridized carbons (Fsp3) is 0.500. The minimum absolute atomic E-state index is 0.654. The predicted molar refractivity (Wildman–Crippen MR) is 40.7 cm³/mol. The molecule has 5 N–H and O–H groups in total.